The van der Waals surface area contributed by atoms with Crippen molar-refractivity contribution in [3.05, 3.63) is 0 Å². The molecule has 10 heavy (non-hydrogen) atoms. The van der Waals surface area contributed by atoms with Gasteiger partial charge in [0, 0.05) is 12.3 Å². The summed E-state index contributed by atoms with van der Waals surface area (Å²) in [5.74, 6) is -0.304. The lowest BCUT2D eigenvalue weighted by molar-refractivity contribution is -0.140. The molecule has 0 heterocycles. The summed E-state index contributed by atoms with van der Waals surface area (Å²) >= 11 is 0. The zero-order valence-electron chi connectivity index (χ0n) is 6.26. The summed E-state index contributed by atoms with van der Waals surface area (Å²) in [5, 5.41) is 8.32. The first-order valence-electron chi connectivity index (χ1n) is 3.17. The molecule has 0 unspecified atom stereocenters. The Hall–Kier alpha value is -1.04. The fraction of sp³-hybridized carbons (Fsp3) is 0.714. The minimum atomic E-state index is -0.248. The third-order valence-electron chi connectivity index (χ3n) is 1.23. The molecule has 0 spiro atoms. The first-order valence-corrected chi connectivity index (χ1v) is 3.17. The van der Waals surface area contributed by atoms with Gasteiger partial charge in [-0.1, -0.05) is 0 Å². The summed E-state index contributed by atoms with van der Waals surface area (Å²) in [6, 6.07) is 2.04. The molecule has 0 radical (unpaired) electrons. The predicted octanol–water partition coefficient (Wildman–Crippen LogP) is 1.10. The monoisotopic (exact) mass is 141 g/mol. The number of hydrogen-bond donors (Lipinski definition) is 0. The average molecular weight is 141 g/mol. The van der Waals surface area contributed by atoms with Crippen LogP contribution in [0.15, 0.2) is 0 Å². The highest BCUT2D eigenvalue weighted by Crippen LogP contribution is 2.03. The Morgan fingerprint density at radius 1 is 1.80 bits per heavy atom. The number of hydrogen-bond acceptors (Lipinski definition) is 3. The molecule has 0 aliphatic carbocycles. The zero-order chi connectivity index (χ0) is 7.98. The van der Waals surface area contributed by atoms with Crippen LogP contribution in [-0.2, 0) is 9.53 Å². The molecule has 0 bridgehead atoms. The van der Waals surface area contributed by atoms with Crippen molar-refractivity contribution in [3.8, 4) is 6.07 Å². The molecule has 0 aromatic carbocycles. The van der Waals surface area contributed by atoms with E-state index in [0.29, 0.717) is 12.8 Å². The Morgan fingerprint density at radius 3 is 2.80 bits per heavy atom. The normalized spacial score (nSPS) is 11.7. The van der Waals surface area contributed by atoms with E-state index in [-0.39, 0.29) is 11.9 Å². The van der Waals surface area contributed by atoms with Gasteiger partial charge in [0.15, 0.2) is 0 Å². The van der Waals surface area contributed by atoms with Crippen LogP contribution in [0.4, 0.5) is 0 Å². The van der Waals surface area contributed by atoms with Crippen LogP contribution in [-0.4, -0.2) is 13.1 Å². The highest BCUT2D eigenvalue weighted by atomic mass is 16.5. The molecule has 0 aromatic heterocycles. The second-order valence-electron chi connectivity index (χ2n) is 2.14. The summed E-state index contributed by atoms with van der Waals surface area (Å²) in [6.45, 7) is 1.78. The largest absolute Gasteiger partial charge is 0.469 e. The third-order valence-corrected chi connectivity index (χ3v) is 1.23. The van der Waals surface area contributed by atoms with Gasteiger partial charge in [0.1, 0.15) is 0 Å². The number of nitriles is 1. The Bertz CT molecular complexity index is 148. The fourth-order valence-corrected chi connectivity index (χ4v) is 0.501. The molecule has 0 fully saturated rings. The summed E-state index contributed by atoms with van der Waals surface area (Å²) in [5.41, 5.74) is 0. The van der Waals surface area contributed by atoms with Crippen LogP contribution in [0.2, 0.25) is 0 Å². The highest BCUT2D eigenvalue weighted by molar-refractivity contribution is 5.69. The maximum Gasteiger partial charge on any atom is 0.305 e. The van der Waals surface area contributed by atoms with E-state index >= 15 is 0 Å². The van der Waals surface area contributed by atoms with Crippen molar-refractivity contribution < 1.29 is 9.53 Å². The number of methoxy groups -OCH3 is 1. The molecule has 0 N–H and O–H groups in total. The van der Waals surface area contributed by atoms with E-state index < -0.39 is 0 Å². The minimum Gasteiger partial charge on any atom is -0.469 e. The maximum absolute atomic E-state index is 10.5. The average Bonchev–Trinajstić information content (AvgIpc) is 1.99. The van der Waals surface area contributed by atoms with Gasteiger partial charge in [-0.05, 0) is 13.3 Å². The highest BCUT2D eigenvalue weighted by Gasteiger charge is 2.04. The van der Waals surface area contributed by atoms with E-state index in [2.05, 4.69) is 4.74 Å². The lowest BCUT2D eigenvalue weighted by atomic mass is 10.1. The van der Waals surface area contributed by atoms with Gasteiger partial charge >= 0.3 is 5.97 Å². The Labute approximate surface area is 60.6 Å². The standard InChI is InChI=1S/C7H11NO2/c1-6(5-8)3-4-7(9)10-2/h6H,3-4H2,1-2H3/t6-/m1/s1. The molecule has 0 aromatic rings. The number of nitrogens with zero attached hydrogens (tertiary/aromatic N) is 1. The van der Waals surface area contributed by atoms with Gasteiger partial charge in [0.2, 0.25) is 0 Å². The zero-order valence-corrected chi connectivity index (χ0v) is 6.26. The Kier molecular flexibility index (Phi) is 4.30. The summed E-state index contributed by atoms with van der Waals surface area (Å²) in [4.78, 5) is 10.5. The molecule has 0 saturated carbocycles. The van der Waals surface area contributed by atoms with E-state index in [9.17, 15) is 4.79 Å². The minimum absolute atomic E-state index is 0.0564. The molecule has 56 valence electrons. The Morgan fingerprint density at radius 2 is 2.40 bits per heavy atom. The molecule has 3 nitrogen and oxygen atoms in total. The van der Waals surface area contributed by atoms with Crippen LogP contribution in [0.1, 0.15) is 19.8 Å². The van der Waals surface area contributed by atoms with Crippen molar-refractivity contribution >= 4 is 5.97 Å². The van der Waals surface area contributed by atoms with Crippen molar-refractivity contribution in [2.45, 2.75) is 19.8 Å². The van der Waals surface area contributed by atoms with Crippen LogP contribution in [0.3, 0.4) is 0 Å². The fourth-order valence-electron chi connectivity index (χ4n) is 0.501. The quantitative estimate of drug-likeness (QED) is 0.553. The van der Waals surface area contributed by atoms with Crippen LogP contribution in [0.5, 0.6) is 0 Å². The van der Waals surface area contributed by atoms with Gasteiger partial charge in [-0.2, -0.15) is 5.26 Å². The van der Waals surface area contributed by atoms with Gasteiger partial charge in [-0.3, -0.25) is 4.79 Å². The molecule has 0 saturated heterocycles. The summed E-state index contributed by atoms with van der Waals surface area (Å²) in [6.07, 6.45) is 0.925. The molecule has 0 rings (SSSR count). The first kappa shape index (κ1) is 8.96. The molecule has 0 aliphatic rings. The van der Waals surface area contributed by atoms with Gasteiger partial charge in [-0.25, -0.2) is 0 Å². The lowest BCUT2D eigenvalue weighted by Crippen LogP contribution is -2.02. The number of esters is 1. The molecule has 1 atom stereocenters. The van der Waals surface area contributed by atoms with Crippen LogP contribution in [0.25, 0.3) is 0 Å². The van der Waals surface area contributed by atoms with Crippen LogP contribution >= 0.6 is 0 Å². The molecule has 0 amide bonds. The van der Waals surface area contributed by atoms with Crippen molar-refractivity contribution in [2.24, 2.45) is 5.92 Å². The second-order valence-corrected chi connectivity index (χ2v) is 2.14. The van der Waals surface area contributed by atoms with E-state index in [1.807, 2.05) is 6.07 Å². The van der Waals surface area contributed by atoms with E-state index in [4.69, 9.17) is 5.26 Å². The topological polar surface area (TPSA) is 50.1 Å². The number of ether oxygens (including phenoxy) is 1. The second kappa shape index (κ2) is 4.80. The van der Waals surface area contributed by atoms with Gasteiger partial charge in [0.25, 0.3) is 0 Å². The summed E-state index contributed by atoms with van der Waals surface area (Å²) < 4.78 is 4.40. The van der Waals surface area contributed by atoms with Gasteiger partial charge in [0.05, 0.1) is 13.2 Å². The smallest absolute Gasteiger partial charge is 0.305 e. The molecule has 3 heteroatoms. The molecular weight excluding hydrogens is 130 g/mol. The van der Waals surface area contributed by atoms with Crippen molar-refractivity contribution in [1.29, 1.82) is 5.26 Å². The maximum atomic E-state index is 10.5. The van der Waals surface area contributed by atoms with Crippen molar-refractivity contribution in [3.63, 3.8) is 0 Å². The summed E-state index contributed by atoms with van der Waals surface area (Å²) in [7, 11) is 1.35. The number of carbonyl (C=O) groups is 1. The number of carbonyl (C=O) groups excluding carboxylic acids is 1. The van der Waals surface area contributed by atoms with Crippen molar-refractivity contribution in [1.82, 2.24) is 0 Å². The van der Waals surface area contributed by atoms with Gasteiger partial charge < -0.3 is 4.74 Å². The third kappa shape index (κ3) is 3.90. The van der Waals surface area contributed by atoms with E-state index in [1.165, 1.54) is 7.11 Å². The van der Waals surface area contributed by atoms with Crippen molar-refractivity contribution in [2.75, 3.05) is 7.11 Å². The predicted molar refractivity (Wildman–Crippen MR) is 36.0 cm³/mol. The first-order chi connectivity index (χ1) is 4.70. The lowest BCUT2D eigenvalue weighted by Gasteiger charge is -1.99. The van der Waals surface area contributed by atoms with Crippen LogP contribution in [0, 0.1) is 17.2 Å². The van der Waals surface area contributed by atoms with E-state index in [0.717, 1.165) is 0 Å². The number of rotatable bonds is 3. The molecule has 0 aliphatic heterocycles. The van der Waals surface area contributed by atoms with E-state index in [1.54, 1.807) is 6.92 Å². The SMILES string of the molecule is COC(=O)CC[C@@H](C)C#N. The van der Waals surface area contributed by atoms with Crippen LogP contribution < -0.4 is 0 Å². The Balaban J connectivity index is 3.37. The van der Waals surface area contributed by atoms with Gasteiger partial charge in [-0.15, -0.1) is 0 Å². The molecular formula is C7H11NO2.